The lowest BCUT2D eigenvalue weighted by Crippen LogP contribution is -2.36. The number of carbonyl (C=O) groups excluding carboxylic acids is 2. The molecule has 2 aliphatic rings. The van der Waals surface area contributed by atoms with Gasteiger partial charge in [-0.2, -0.15) is 0 Å². The van der Waals surface area contributed by atoms with Crippen molar-refractivity contribution in [2.24, 2.45) is 0 Å². The number of ketones is 1. The Kier molecular flexibility index (Phi) is 5.86. The van der Waals surface area contributed by atoms with Gasteiger partial charge in [-0.15, -0.1) is 0 Å². The summed E-state index contributed by atoms with van der Waals surface area (Å²) < 4.78 is 11.2. The molecule has 1 N–H and O–H groups in total. The lowest BCUT2D eigenvalue weighted by atomic mass is 9.95. The molecule has 6 heteroatoms. The molecule has 0 aliphatic carbocycles. The number of amides is 1. The summed E-state index contributed by atoms with van der Waals surface area (Å²) in [5.74, 6) is -0.738. The first-order valence-corrected chi connectivity index (χ1v) is 10.3. The first kappa shape index (κ1) is 20.2. The van der Waals surface area contributed by atoms with Gasteiger partial charge in [0, 0.05) is 18.7 Å². The van der Waals surface area contributed by atoms with E-state index >= 15 is 0 Å². The van der Waals surface area contributed by atoms with E-state index in [-0.39, 0.29) is 17.4 Å². The molecule has 0 bridgehead atoms. The van der Waals surface area contributed by atoms with Crippen molar-refractivity contribution < 1.29 is 24.2 Å². The zero-order valence-corrected chi connectivity index (χ0v) is 16.9. The summed E-state index contributed by atoms with van der Waals surface area (Å²) in [6.07, 6.45) is 1.68. The van der Waals surface area contributed by atoms with Crippen molar-refractivity contribution in [3.63, 3.8) is 0 Å². The molecule has 0 aromatic heterocycles. The second-order valence-electron chi connectivity index (χ2n) is 7.45. The van der Waals surface area contributed by atoms with E-state index in [1.54, 1.807) is 24.3 Å². The van der Waals surface area contributed by atoms with Crippen LogP contribution >= 0.6 is 0 Å². The van der Waals surface area contributed by atoms with Gasteiger partial charge in [0.2, 0.25) is 0 Å². The number of Topliss-reactive ketones (excluding diaryl/α,β-unsaturated/α-hetero) is 1. The number of aliphatic hydroxyl groups excluding tert-OH is 1. The summed E-state index contributed by atoms with van der Waals surface area (Å²) in [5.41, 5.74) is 1.35. The van der Waals surface area contributed by atoms with Gasteiger partial charge in [0.1, 0.15) is 11.5 Å². The maximum Gasteiger partial charge on any atom is 0.295 e. The van der Waals surface area contributed by atoms with Crippen LogP contribution in [-0.2, 0) is 14.3 Å². The number of hydrogen-bond donors (Lipinski definition) is 1. The Hall–Kier alpha value is -3.12. The third-order valence-corrected chi connectivity index (χ3v) is 5.52. The number of hydrogen-bond acceptors (Lipinski definition) is 5. The first-order chi connectivity index (χ1) is 14.6. The van der Waals surface area contributed by atoms with Crippen molar-refractivity contribution in [3.05, 3.63) is 71.3 Å². The second-order valence-corrected chi connectivity index (χ2v) is 7.45. The zero-order valence-electron chi connectivity index (χ0n) is 16.9. The number of nitrogens with zero attached hydrogens (tertiary/aromatic N) is 1. The largest absolute Gasteiger partial charge is 0.507 e. The Morgan fingerprint density at radius 2 is 1.87 bits per heavy atom. The number of rotatable bonds is 6. The van der Waals surface area contributed by atoms with Gasteiger partial charge in [0.05, 0.1) is 24.3 Å². The molecule has 2 aromatic rings. The molecule has 2 aromatic carbocycles. The number of ether oxygens (including phenoxy) is 2. The van der Waals surface area contributed by atoms with Crippen molar-refractivity contribution in [1.82, 2.24) is 4.90 Å². The van der Waals surface area contributed by atoms with Crippen LogP contribution in [0.4, 0.5) is 0 Å². The fourth-order valence-corrected chi connectivity index (χ4v) is 4.09. The molecular formula is C24H25NO5. The van der Waals surface area contributed by atoms with Crippen molar-refractivity contribution in [2.45, 2.75) is 31.9 Å². The average molecular weight is 407 g/mol. The minimum absolute atomic E-state index is 0.105. The molecule has 0 spiro atoms. The number of carbonyl (C=O) groups is 2. The van der Waals surface area contributed by atoms with E-state index in [0.717, 1.165) is 18.4 Å². The van der Waals surface area contributed by atoms with Gasteiger partial charge < -0.3 is 19.5 Å². The SMILES string of the molecule is CCOc1ccc(C2/C(=C(/O)c3ccccc3)C(=O)C(=O)N2CC2CCCO2)cc1. The molecule has 2 unspecified atom stereocenters. The quantitative estimate of drug-likeness (QED) is 0.449. The summed E-state index contributed by atoms with van der Waals surface area (Å²) in [5, 5.41) is 11.0. The number of aliphatic hydroxyl groups is 1. The highest BCUT2D eigenvalue weighted by atomic mass is 16.5. The van der Waals surface area contributed by atoms with Crippen LogP contribution in [0.1, 0.15) is 36.9 Å². The molecule has 4 rings (SSSR count). The van der Waals surface area contributed by atoms with Gasteiger partial charge in [-0.3, -0.25) is 9.59 Å². The summed E-state index contributed by atoms with van der Waals surface area (Å²) in [6.45, 7) is 3.43. The maximum atomic E-state index is 13.0. The highest BCUT2D eigenvalue weighted by Gasteiger charge is 2.47. The van der Waals surface area contributed by atoms with Crippen LogP contribution < -0.4 is 4.74 Å². The highest BCUT2D eigenvalue weighted by molar-refractivity contribution is 6.46. The summed E-state index contributed by atoms with van der Waals surface area (Å²) >= 11 is 0. The molecule has 30 heavy (non-hydrogen) atoms. The molecule has 2 atom stereocenters. The van der Waals surface area contributed by atoms with Gasteiger partial charge >= 0.3 is 0 Å². The average Bonchev–Trinajstić information content (AvgIpc) is 3.37. The zero-order chi connectivity index (χ0) is 21.1. The summed E-state index contributed by atoms with van der Waals surface area (Å²) in [4.78, 5) is 27.5. The van der Waals surface area contributed by atoms with Crippen LogP contribution in [0.5, 0.6) is 5.75 Å². The molecule has 2 aliphatic heterocycles. The highest BCUT2D eigenvalue weighted by Crippen LogP contribution is 2.40. The van der Waals surface area contributed by atoms with Crippen molar-refractivity contribution >= 4 is 17.4 Å². The third kappa shape index (κ3) is 3.83. The molecule has 0 saturated carbocycles. The maximum absolute atomic E-state index is 13.0. The molecule has 0 radical (unpaired) electrons. The minimum atomic E-state index is -0.676. The molecular weight excluding hydrogens is 382 g/mol. The third-order valence-electron chi connectivity index (χ3n) is 5.52. The lowest BCUT2D eigenvalue weighted by molar-refractivity contribution is -0.140. The topological polar surface area (TPSA) is 76.1 Å². The van der Waals surface area contributed by atoms with Crippen LogP contribution in [0.3, 0.4) is 0 Å². The van der Waals surface area contributed by atoms with Crippen LogP contribution in [0.25, 0.3) is 5.76 Å². The van der Waals surface area contributed by atoms with E-state index in [1.807, 2.05) is 37.3 Å². The van der Waals surface area contributed by atoms with E-state index < -0.39 is 17.7 Å². The van der Waals surface area contributed by atoms with E-state index in [2.05, 4.69) is 0 Å². The van der Waals surface area contributed by atoms with Gasteiger partial charge in [-0.25, -0.2) is 0 Å². The summed E-state index contributed by atoms with van der Waals surface area (Å²) in [7, 11) is 0. The van der Waals surface area contributed by atoms with Gasteiger partial charge in [0.25, 0.3) is 11.7 Å². The van der Waals surface area contributed by atoms with Gasteiger partial charge in [-0.1, -0.05) is 42.5 Å². The van der Waals surface area contributed by atoms with Crippen molar-refractivity contribution in [2.75, 3.05) is 19.8 Å². The number of likely N-dealkylation sites (tertiary alicyclic amines) is 1. The van der Waals surface area contributed by atoms with Crippen LogP contribution in [-0.4, -0.2) is 47.6 Å². The number of benzene rings is 2. The molecule has 2 fully saturated rings. The predicted octanol–water partition coefficient (Wildman–Crippen LogP) is 3.69. The lowest BCUT2D eigenvalue weighted by Gasteiger charge is -2.27. The summed E-state index contributed by atoms with van der Waals surface area (Å²) in [6, 6.07) is 15.5. The fourth-order valence-electron chi connectivity index (χ4n) is 4.09. The Morgan fingerprint density at radius 1 is 1.13 bits per heavy atom. The Balaban J connectivity index is 1.78. The second kappa shape index (κ2) is 8.71. The molecule has 2 saturated heterocycles. The van der Waals surface area contributed by atoms with Crippen molar-refractivity contribution in [1.29, 1.82) is 0 Å². The molecule has 6 nitrogen and oxygen atoms in total. The smallest absolute Gasteiger partial charge is 0.295 e. The minimum Gasteiger partial charge on any atom is -0.507 e. The Morgan fingerprint density at radius 3 is 2.50 bits per heavy atom. The van der Waals surface area contributed by atoms with E-state index in [9.17, 15) is 14.7 Å². The monoisotopic (exact) mass is 407 g/mol. The van der Waals surface area contributed by atoms with E-state index in [4.69, 9.17) is 9.47 Å². The van der Waals surface area contributed by atoms with E-state index in [1.165, 1.54) is 4.90 Å². The molecule has 156 valence electrons. The van der Waals surface area contributed by atoms with Crippen LogP contribution in [0.15, 0.2) is 60.2 Å². The van der Waals surface area contributed by atoms with Gasteiger partial charge in [-0.05, 0) is 37.5 Å². The Bertz CT molecular complexity index is 945. The standard InChI is InChI=1S/C24H25NO5/c1-2-29-18-12-10-16(11-13-18)21-20(22(26)17-7-4-3-5-8-17)23(27)24(28)25(21)15-19-9-6-14-30-19/h3-5,7-8,10-13,19,21,26H,2,6,9,14-15H2,1H3/b22-20-. The van der Waals surface area contributed by atoms with Crippen LogP contribution in [0.2, 0.25) is 0 Å². The fraction of sp³-hybridized carbons (Fsp3) is 0.333. The Labute approximate surface area is 175 Å². The van der Waals surface area contributed by atoms with Gasteiger partial charge in [0.15, 0.2) is 0 Å². The molecule has 1 amide bonds. The van der Waals surface area contributed by atoms with Crippen LogP contribution in [0, 0.1) is 0 Å². The predicted molar refractivity (Wildman–Crippen MR) is 112 cm³/mol. The van der Waals surface area contributed by atoms with E-state index in [0.29, 0.717) is 31.1 Å². The first-order valence-electron chi connectivity index (χ1n) is 10.3. The normalized spacial score (nSPS) is 23.2. The van der Waals surface area contributed by atoms with Crippen molar-refractivity contribution in [3.8, 4) is 5.75 Å². The molecule has 2 heterocycles.